The zero-order chi connectivity index (χ0) is 18.7. The second kappa shape index (κ2) is 7.82. The summed E-state index contributed by atoms with van der Waals surface area (Å²) in [4.78, 5) is 0. The summed E-state index contributed by atoms with van der Waals surface area (Å²) in [7, 11) is -3.02. The predicted molar refractivity (Wildman–Crippen MR) is 107 cm³/mol. The summed E-state index contributed by atoms with van der Waals surface area (Å²) in [6.07, 6.45) is 1.23. The van der Waals surface area contributed by atoms with Crippen molar-refractivity contribution >= 4 is 33.2 Å². The molecule has 0 aliphatic carbocycles. The maximum absolute atomic E-state index is 11.4. The molecule has 3 rings (SSSR count). The summed E-state index contributed by atoms with van der Waals surface area (Å²) in [5.74, 6) is 1.20. The zero-order valence-corrected chi connectivity index (χ0v) is 16.8. The van der Waals surface area contributed by atoms with Crippen molar-refractivity contribution in [2.45, 2.75) is 12.1 Å². The summed E-state index contributed by atoms with van der Waals surface area (Å²) in [6, 6.07) is 15.4. The fourth-order valence-electron chi connectivity index (χ4n) is 2.36. The minimum Gasteiger partial charge on any atom is -0.270 e. The number of benzene rings is 2. The van der Waals surface area contributed by atoms with Crippen LogP contribution in [0.5, 0.6) is 0 Å². The molecule has 0 amide bonds. The van der Waals surface area contributed by atoms with E-state index >= 15 is 0 Å². The highest BCUT2D eigenvalue weighted by atomic mass is 35.5. The molecule has 3 aromatic rings. The van der Waals surface area contributed by atoms with Crippen LogP contribution in [0.15, 0.2) is 53.7 Å². The molecule has 5 nitrogen and oxygen atoms in total. The predicted octanol–water partition coefficient (Wildman–Crippen LogP) is 4.03. The first-order valence-corrected chi connectivity index (χ1v) is 11.3. The summed E-state index contributed by atoms with van der Waals surface area (Å²) < 4.78 is 24.7. The van der Waals surface area contributed by atoms with Crippen molar-refractivity contribution < 1.29 is 8.42 Å². The Morgan fingerprint density at radius 2 is 1.69 bits per heavy atom. The summed E-state index contributed by atoms with van der Waals surface area (Å²) in [5.41, 5.74) is 2.96. The molecule has 1 heterocycles. The summed E-state index contributed by atoms with van der Waals surface area (Å²) >= 11 is 7.36. The van der Waals surface area contributed by atoms with Crippen LogP contribution in [0.25, 0.3) is 17.1 Å². The van der Waals surface area contributed by atoms with Gasteiger partial charge in [0.05, 0.1) is 5.75 Å². The number of rotatable bonds is 6. The third kappa shape index (κ3) is 4.66. The lowest BCUT2D eigenvalue weighted by Crippen LogP contribution is -2.06. The zero-order valence-electron chi connectivity index (χ0n) is 14.4. The van der Waals surface area contributed by atoms with Crippen LogP contribution < -0.4 is 0 Å². The van der Waals surface area contributed by atoms with Crippen LogP contribution in [0, 0.1) is 6.92 Å². The Morgan fingerprint density at radius 1 is 1.04 bits per heavy atom. The number of aryl methyl sites for hydroxylation is 1. The van der Waals surface area contributed by atoms with Crippen LogP contribution >= 0.6 is 23.4 Å². The van der Waals surface area contributed by atoms with Crippen molar-refractivity contribution in [2.24, 2.45) is 0 Å². The SMILES string of the molecule is Cc1ccc(-n2c(SCCS(C)(=O)=O)nnc2-c2ccc(Cl)cc2)cc1. The lowest BCUT2D eigenvalue weighted by molar-refractivity contribution is 0.603. The average molecular weight is 408 g/mol. The Balaban J connectivity index is 2.01. The molecule has 0 radical (unpaired) electrons. The van der Waals surface area contributed by atoms with Crippen LogP contribution in [0.3, 0.4) is 0 Å². The smallest absolute Gasteiger partial charge is 0.196 e. The van der Waals surface area contributed by atoms with Gasteiger partial charge in [0, 0.05) is 28.3 Å². The standard InChI is InChI=1S/C18H18ClN3O2S2/c1-13-3-9-16(10-4-13)22-17(14-5-7-15(19)8-6-14)20-21-18(22)25-11-12-26(2,23)24/h3-10H,11-12H2,1-2H3. The largest absolute Gasteiger partial charge is 0.270 e. The summed E-state index contributed by atoms with van der Waals surface area (Å²) in [5, 5.41) is 9.92. The van der Waals surface area contributed by atoms with Crippen molar-refractivity contribution in [3.63, 3.8) is 0 Å². The molecule has 0 aliphatic rings. The first-order chi connectivity index (χ1) is 12.3. The van der Waals surface area contributed by atoms with E-state index < -0.39 is 9.84 Å². The van der Waals surface area contributed by atoms with E-state index in [-0.39, 0.29) is 5.75 Å². The molecule has 1 aromatic heterocycles. The molecule has 0 saturated carbocycles. The number of thioether (sulfide) groups is 1. The van der Waals surface area contributed by atoms with Crippen molar-refractivity contribution in [3.8, 4) is 17.1 Å². The molecule has 136 valence electrons. The Morgan fingerprint density at radius 3 is 2.31 bits per heavy atom. The molecule has 0 atom stereocenters. The van der Waals surface area contributed by atoms with Gasteiger partial charge in [-0.25, -0.2) is 8.42 Å². The molecule has 8 heteroatoms. The number of sulfone groups is 1. The van der Waals surface area contributed by atoms with Gasteiger partial charge in [-0.2, -0.15) is 0 Å². The highest BCUT2D eigenvalue weighted by molar-refractivity contribution is 8.00. The summed E-state index contributed by atoms with van der Waals surface area (Å²) in [6.45, 7) is 2.03. The van der Waals surface area contributed by atoms with E-state index in [2.05, 4.69) is 10.2 Å². The second-order valence-electron chi connectivity index (χ2n) is 5.96. The van der Waals surface area contributed by atoms with E-state index in [1.165, 1.54) is 18.0 Å². The van der Waals surface area contributed by atoms with Crippen LogP contribution in [0.1, 0.15) is 5.56 Å². The third-order valence-corrected chi connectivity index (χ3v) is 6.10. The van der Waals surface area contributed by atoms with Gasteiger partial charge in [0.1, 0.15) is 9.84 Å². The minimum absolute atomic E-state index is 0.0920. The molecule has 0 bridgehead atoms. The third-order valence-electron chi connectivity index (χ3n) is 3.71. The van der Waals surface area contributed by atoms with E-state index in [4.69, 9.17) is 11.6 Å². The Kier molecular flexibility index (Phi) is 5.70. The molecule has 0 spiro atoms. The van der Waals surface area contributed by atoms with Crippen LogP contribution in [-0.4, -0.2) is 40.9 Å². The molecule has 0 aliphatic heterocycles. The average Bonchev–Trinajstić information content (AvgIpc) is 2.99. The number of halogens is 1. The van der Waals surface area contributed by atoms with Gasteiger partial charge < -0.3 is 0 Å². The van der Waals surface area contributed by atoms with Gasteiger partial charge in [-0.1, -0.05) is 41.1 Å². The van der Waals surface area contributed by atoms with Crippen molar-refractivity contribution in [1.82, 2.24) is 14.8 Å². The second-order valence-corrected chi connectivity index (χ2v) is 9.72. The van der Waals surface area contributed by atoms with Crippen LogP contribution in [0.4, 0.5) is 0 Å². The monoisotopic (exact) mass is 407 g/mol. The molecular formula is C18H18ClN3O2S2. The van der Waals surface area contributed by atoms with E-state index in [1.807, 2.05) is 60.0 Å². The van der Waals surface area contributed by atoms with E-state index in [0.717, 1.165) is 16.8 Å². The first kappa shape index (κ1) is 18.9. The van der Waals surface area contributed by atoms with Crippen molar-refractivity contribution in [1.29, 1.82) is 0 Å². The number of hydrogen-bond donors (Lipinski definition) is 0. The van der Waals surface area contributed by atoms with Crippen molar-refractivity contribution in [2.75, 3.05) is 17.8 Å². The number of aromatic nitrogens is 3. The molecule has 0 unspecified atom stereocenters. The van der Waals surface area contributed by atoms with E-state index in [9.17, 15) is 8.42 Å². The van der Waals surface area contributed by atoms with E-state index in [1.54, 1.807) is 0 Å². The minimum atomic E-state index is -3.02. The fraction of sp³-hybridized carbons (Fsp3) is 0.222. The highest BCUT2D eigenvalue weighted by Crippen LogP contribution is 2.28. The normalized spacial score (nSPS) is 11.7. The van der Waals surface area contributed by atoms with E-state index in [0.29, 0.717) is 21.8 Å². The molecule has 2 aromatic carbocycles. The quantitative estimate of drug-likeness (QED) is 0.577. The van der Waals surface area contributed by atoms with Gasteiger partial charge in [-0.3, -0.25) is 4.57 Å². The van der Waals surface area contributed by atoms with Gasteiger partial charge in [-0.15, -0.1) is 10.2 Å². The Bertz CT molecular complexity index is 998. The lowest BCUT2D eigenvalue weighted by Gasteiger charge is -2.11. The Labute approximate surface area is 162 Å². The highest BCUT2D eigenvalue weighted by Gasteiger charge is 2.16. The van der Waals surface area contributed by atoms with Gasteiger partial charge in [0.2, 0.25) is 0 Å². The Hall–Kier alpha value is -1.83. The molecule has 0 N–H and O–H groups in total. The fourth-order valence-corrected chi connectivity index (χ4v) is 4.63. The topological polar surface area (TPSA) is 64.8 Å². The number of nitrogens with zero attached hydrogens (tertiary/aromatic N) is 3. The maximum atomic E-state index is 11.4. The lowest BCUT2D eigenvalue weighted by atomic mass is 10.2. The van der Waals surface area contributed by atoms with Crippen LogP contribution in [-0.2, 0) is 9.84 Å². The van der Waals surface area contributed by atoms with Gasteiger partial charge in [0.15, 0.2) is 11.0 Å². The van der Waals surface area contributed by atoms with Gasteiger partial charge in [-0.05, 0) is 43.3 Å². The number of hydrogen-bond acceptors (Lipinski definition) is 5. The molecule has 0 fully saturated rings. The van der Waals surface area contributed by atoms with Gasteiger partial charge in [0.25, 0.3) is 0 Å². The maximum Gasteiger partial charge on any atom is 0.196 e. The van der Waals surface area contributed by atoms with Crippen molar-refractivity contribution in [3.05, 3.63) is 59.1 Å². The first-order valence-electron chi connectivity index (χ1n) is 7.92. The molecule has 26 heavy (non-hydrogen) atoms. The van der Waals surface area contributed by atoms with Crippen LogP contribution in [0.2, 0.25) is 5.02 Å². The molecular weight excluding hydrogens is 390 g/mol. The van der Waals surface area contributed by atoms with Gasteiger partial charge >= 0.3 is 0 Å². The molecule has 0 saturated heterocycles.